The molecule has 1 aromatic heterocycles. The molecule has 0 saturated heterocycles. The van der Waals surface area contributed by atoms with E-state index < -0.39 is 47.9 Å². The fraction of sp³-hybridized carbons (Fsp3) is 0.696. The van der Waals surface area contributed by atoms with Gasteiger partial charge in [0.1, 0.15) is 18.1 Å². The number of aromatic amines is 1. The highest BCUT2D eigenvalue weighted by Crippen LogP contribution is 2.11. The fourth-order valence-corrected chi connectivity index (χ4v) is 3.45. The summed E-state index contributed by atoms with van der Waals surface area (Å²) in [6.45, 7) is 11.0. The summed E-state index contributed by atoms with van der Waals surface area (Å²) < 4.78 is 0. The zero-order valence-electron chi connectivity index (χ0n) is 20.9. The summed E-state index contributed by atoms with van der Waals surface area (Å²) in [5, 5.41) is 17.3. The van der Waals surface area contributed by atoms with Crippen LogP contribution in [0.3, 0.4) is 0 Å². The lowest BCUT2D eigenvalue weighted by Gasteiger charge is -2.27. The number of carboxylic acids is 1. The molecule has 0 fully saturated rings. The molecule has 0 aliphatic carbocycles. The van der Waals surface area contributed by atoms with E-state index in [2.05, 4.69) is 25.9 Å². The van der Waals surface area contributed by atoms with E-state index in [1.165, 1.54) is 6.33 Å². The summed E-state index contributed by atoms with van der Waals surface area (Å²) >= 11 is 0. The molecular weight excluding hydrogens is 440 g/mol. The van der Waals surface area contributed by atoms with E-state index in [1.807, 2.05) is 27.7 Å². The standard InChI is InChI=1S/C23H40N6O5/c1-12(2)7-17(27-20(30)16(24)9-15-10-25-11-26-15)21(31)28-18(8-13(3)4)22(32)29-19(14(5)6)23(33)34/h10-14,16-19H,7-9,24H2,1-6H3,(H,25,26)(H,27,30)(H,28,31)(H,29,32)(H,33,34). The predicted molar refractivity (Wildman–Crippen MR) is 127 cm³/mol. The number of hydrogen-bond acceptors (Lipinski definition) is 6. The monoisotopic (exact) mass is 480 g/mol. The lowest BCUT2D eigenvalue weighted by molar-refractivity contribution is -0.143. The number of nitrogens with zero attached hydrogens (tertiary/aromatic N) is 1. The third-order valence-electron chi connectivity index (χ3n) is 5.24. The first-order chi connectivity index (χ1) is 15.8. The molecule has 1 rings (SSSR count). The van der Waals surface area contributed by atoms with Gasteiger partial charge >= 0.3 is 5.97 Å². The van der Waals surface area contributed by atoms with Crippen LogP contribution in [0.2, 0.25) is 0 Å². The molecule has 0 radical (unpaired) electrons. The molecule has 3 amide bonds. The van der Waals surface area contributed by atoms with Crippen LogP contribution in [0.4, 0.5) is 0 Å². The van der Waals surface area contributed by atoms with E-state index in [0.717, 1.165) is 0 Å². The smallest absolute Gasteiger partial charge is 0.326 e. The van der Waals surface area contributed by atoms with E-state index in [1.54, 1.807) is 20.0 Å². The molecular formula is C23H40N6O5. The highest BCUT2D eigenvalue weighted by Gasteiger charge is 2.32. The van der Waals surface area contributed by atoms with Crippen LogP contribution in [0.1, 0.15) is 60.1 Å². The first-order valence-corrected chi connectivity index (χ1v) is 11.7. The maximum atomic E-state index is 13.1. The van der Waals surface area contributed by atoms with Gasteiger partial charge in [-0.25, -0.2) is 9.78 Å². The van der Waals surface area contributed by atoms with E-state index in [4.69, 9.17) is 5.73 Å². The van der Waals surface area contributed by atoms with Gasteiger partial charge in [0.25, 0.3) is 0 Å². The van der Waals surface area contributed by atoms with Gasteiger partial charge < -0.3 is 31.8 Å². The van der Waals surface area contributed by atoms with Crippen LogP contribution in [-0.4, -0.2) is 62.9 Å². The third kappa shape index (κ3) is 9.90. The zero-order chi connectivity index (χ0) is 26.0. The van der Waals surface area contributed by atoms with Gasteiger partial charge in [0, 0.05) is 18.3 Å². The maximum absolute atomic E-state index is 13.1. The van der Waals surface area contributed by atoms with Gasteiger partial charge in [-0.2, -0.15) is 0 Å². The minimum absolute atomic E-state index is 0.0549. The van der Waals surface area contributed by atoms with Crippen molar-refractivity contribution in [2.24, 2.45) is 23.5 Å². The molecule has 1 heterocycles. The number of rotatable bonds is 14. The van der Waals surface area contributed by atoms with Crippen LogP contribution < -0.4 is 21.7 Å². The second-order valence-electron chi connectivity index (χ2n) is 9.84. The number of hydrogen-bond donors (Lipinski definition) is 6. The molecule has 4 atom stereocenters. The van der Waals surface area contributed by atoms with Crippen LogP contribution in [0.5, 0.6) is 0 Å². The van der Waals surface area contributed by atoms with Crippen molar-refractivity contribution in [2.75, 3.05) is 0 Å². The molecule has 0 aromatic carbocycles. The number of aromatic nitrogens is 2. The van der Waals surface area contributed by atoms with Crippen molar-refractivity contribution < 1.29 is 24.3 Å². The first kappa shape index (κ1) is 29.1. The SMILES string of the molecule is CC(C)CC(NC(=O)C(N)Cc1cnc[nH]1)C(=O)NC(CC(C)C)C(=O)NC(C(=O)O)C(C)C. The number of aliphatic carboxylic acids is 1. The van der Waals surface area contributed by atoms with E-state index >= 15 is 0 Å². The van der Waals surface area contributed by atoms with Crippen molar-refractivity contribution in [2.45, 2.75) is 85.0 Å². The number of nitrogens with one attached hydrogen (secondary N) is 4. The summed E-state index contributed by atoms with van der Waals surface area (Å²) in [5.74, 6) is -2.93. The highest BCUT2D eigenvalue weighted by atomic mass is 16.4. The fourth-order valence-electron chi connectivity index (χ4n) is 3.45. The molecule has 4 unspecified atom stereocenters. The molecule has 0 bridgehead atoms. The summed E-state index contributed by atoms with van der Waals surface area (Å²) in [4.78, 5) is 57.0. The van der Waals surface area contributed by atoms with Crippen LogP contribution in [0.25, 0.3) is 0 Å². The number of carbonyl (C=O) groups excluding carboxylic acids is 3. The van der Waals surface area contributed by atoms with Gasteiger partial charge in [-0.3, -0.25) is 14.4 Å². The second-order valence-corrected chi connectivity index (χ2v) is 9.84. The van der Waals surface area contributed by atoms with Crippen LogP contribution >= 0.6 is 0 Å². The Morgan fingerprint density at radius 3 is 1.82 bits per heavy atom. The normalized spacial score (nSPS) is 15.0. The molecule has 11 heteroatoms. The van der Waals surface area contributed by atoms with E-state index in [0.29, 0.717) is 18.5 Å². The number of nitrogens with two attached hydrogens (primary N) is 1. The molecule has 0 aliphatic heterocycles. The van der Waals surface area contributed by atoms with E-state index in [9.17, 15) is 24.3 Å². The Kier molecular flexibility index (Phi) is 11.7. The molecule has 0 saturated carbocycles. The molecule has 11 nitrogen and oxygen atoms in total. The molecule has 0 aliphatic rings. The van der Waals surface area contributed by atoms with Gasteiger partial charge in [0.2, 0.25) is 17.7 Å². The quantitative estimate of drug-likeness (QED) is 0.225. The third-order valence-corrected chi connectivity index (χ3v) is 5.24. The summed E-state index contributed by atoms with van der Waals surface area (Å²) in [5.41, 5.74) is 6.70. The minimum atomic E-state index is -1.14. The van der Waals surface area contributed by atoms with Crippen LogP contribution in [-0.2, 0) is 25.6 Å². The average molecular weight is 481 g/mol. The topological polar surface area (TPSA) is 179 Å². The number of imidazole rings is 1. The van der Waals surface area contributed by atoms with Crippen LogP contribution in [0, 0.1) is 17.8 Å². The first-order valence-electron chi connectivity index (χ1n) is 11.7. The van der Waals surface area contributed by atoms with Gasteiger partial charge in [0.05, 0.1) is 12.4 Å². The average Bonchev–Trinajstić information content (AvgIpc) is 3.22. The Hall–Kier alpha value is -2.95. The maximum Gasteiger partial charge on any atom is 0.326 e. The Morgan fingerprint density at radius 1 is 0.912 bits per heavy atom. The Labute approximate surface area is 201 Å². The highest BCUT2D eigenvalue weighted by molar-refractivity contribution is 5.94. The van der Waals surface area contributed by atoms with Crippen molar-refractivity contribution in [3.63, 3.8) is 0 Å². The second kappa shape index (κ2) is 13.7. The lowest BCUT2D eigenvalue weighted by atomic mass is 9.98. The number of amides is 3. The van der Waals surface area contributed by atoms with Gasteiger partial charge in [-0.05, 0) is 30.6 Å². The molecule has 1 aromatic rings. The Balaban J connectivity index is 2.94. The molecule has 7 N–H and O–H groups in total. The van der Waals surface area contributed by atoms with Crippen LogP contribution in [0.15, 0.2) is 12.5 Å². The molecule has 192 valence electrons. The van der Waals surface area contributed by atoms with Gasteiger partial charge in [-0.1, -0.05) is 41.5 Å². The lowest BCUT2D eigenvalue weighted by Crippen LogP contribution is -2.58. The van der Waals surface area contributed by atoms with E-state index in [-0.39, 0.29) is 24.2 Å². The Morgan fingerprint density at radius 2 is 1.41 bits per heavy atom. The van der Waals surface area contributed by atoms with Crippen molar-refractivity contribution >= 4 is 23.7 Å². The summed E-state index contributed by atoms with van der Waals surface area (Å²) in [6, 6.07) is -3.81. The predicted octanol–water partition coefficient (Wildman–Crippen LogP) is 0.567. The Bertz CT molecular complexity index is 809. The summed E-state index contributed by atoms with van der Waals surface area (Å²) in [6.07, 6.45) is 3.94. The van der Waals surface area contributed by atoms with Crippen molar-refractivity contribution in [3.05, 3.63) is 18.2 Å². The number of carbonyl (C=O) groups is 4. The van der Waals surface area contributed by atoms with Crippen molar-refractivity contribution in [1.82, 2.24) is 25.9 Å². The number of H-pyrrole nitrogens is 1. The molecule has 34 heavy (non-hydrogen) atoms. The largest absolute Gasteiger partial charge is 0.480 e. The zero-order valence-corrected chi connectivity index (χ0v) is 20.9. The van der Waals surface area contributed by atoms with Gasteiger partial charge in [-0.15, -0.1) is 0 Å². The summed E-state index contributed by atoms with van der Waals surface area (Å²) in [7, 11) is 0. The minimum Gasteiger partial charge on any atom is -0.480 e. The molecule has 0 spiro atoms. The van der Waals surface area contributed by atoms with Crippen molar-refractivity contribution in [1.29, 1.82) is 0 Å². The number of carboxylic acid groups (broad SMARTS) is 1. The van der Waals surface area contributed by atoms with Gasteiger partial charge in [0.15, 0.2) is 0 Å². The van der Waals surface area contributed by atoms with Crippen molar-refractivity contribution in [3.8, 4) is 0 Å².